The summed E-state index contributed by atoms with van der Waals surface area (Å²) in [5, 5.41) is 8.84. The molecular weight excluding hydrogens is 635 g/mol. The minimum absolute atomic E-state index is 0.345. The second-order valence-electron chi connectivity index (χ2n) is 17.5. The molecule has 0 aliphatic heterocycles. The smallest absolute Gasteiger partial charge is 0.303 e. The summed E-state index contributed by atoms with van der Waals surface area (Å²) in [5.41, 5.74) is 0. The van der Waals surface area contributed by atoms with Crippen LogP contribution >= 0.6 is 0 Å². The van der Waals surface area contributed by atoms with Crippen LogP contribution in [0.5, 0.6) is 0 Å². The summed E-state index contributed by atoms with van der Waals surface area (Å²) in [4.78, 5) is 10.7. The molecule has 0 aliphatic carbocycles. The fourth-order valence-electron chi connectivity index (χ4n) is 8.61. The van der Waals surface area contributed by atoms with E-state index in [9.17, 15) is 4.79 Å². The van der Waals surface area contributed by atoms with Crippen LogP contribution in [0.2, 0.25) is 0 Å². The van der Waals surface area contributed by atoms with Gasteiger partial charge in [0.15, 0.2) is 0 Å². The first-order chi connectivity index (χ1) is 25.6. The average Bonchev–Trinajstić information content (AvgIpc) is 3.14. The van der Waals surface area contributed by atoms with Gasteiger partial charge in [-0.1, -0.05) is 220 Å². The minimum Gasteiger partial charge on any atom is -0.481 e. The van der Waals surface area contributed by atoms with Gasteiger partial charge in [0.2, 0.25) is 0 Å². The summed E-state index contributed by atoms with van der Waals surface area (Å²) >= 11 is 0. The number of unbranched alkanes of at least 4 members (excludes halogenated alkanes) is 36. The zero-order chi connectivity index (χ0) is 37.9. The summed E-state index contributed by atoms with van der Waals surface area (Å²) in [6.45, 7) is 12.8. The number of carboxylic acids is 1. The van der Waals surface area contributed by atoms with Gasteiger partial charge >= 0.3 is 5.97 Å². The van der Waals surface area contributed by atoms with Crippen LogP contribution in [-0.4, -0.2) is 41.7 Å². The molecule has 3 nitrogen and oxygen atoms in total. The third-order valence-electron chi connectivity index (χ3n) is 12.2. The van der Waals surface area contributed by atoms with Crippen LogP contribution in [0.25, 0.3) is 0 Å². The van der Waals surface area contributed by atoms with Gasteiger partial charge in [0, 0.05) is 6.42 Å². The second-order valence-corrected chi connectivity index (χ2v) is 17.5. The van der Waals surface area contributed by atoms with E-state index in [-0.39, 0.29) is 0 Å². The molecule has 0 rings (SSSR count). The van der Waals surface area contributed by atoms with E-state index >= 15 is 0 Å². The Balaban J connectivity index is 4.87. The zero-order valence-corrected chi connectivity index (χ0v) is 36.6. The third kappa shape index (κ3) is 39.1. The summed E-state index contributed by atoms with van der Waals surface area (Å²) in [5.74, 6) is -0.641. The fraction of sp³-hybridized carbons (Fsp3) is 0.980. The monoisotopic (exact) mass is 735 g/mol. The molecule has 3 heteroatoms. The van der Waals surface area contributed by atoms with Crippen molar-refractivity contribution in [2.24, 2.45) is 0 Å². The van der Waals surface area contributed by atoms with Crippen molar-refractivity contribution in [3.8, 4) is 0 Å². The maximum Gasteiger partial charge on any atom is 0.303 e. The van der Waals surface area contributed by atoms with Gasteiger partial charge in [-0.3, -0.25) is 4.79 Å². The molecule has 0 aliphatic rings. The summed E-state index contributed by atoms with van der Waals surface area (Å²) in [6.07, 6.45) is 56.5. The van der Waals surface area contributed by atoms with Gasteiger partial charge in [0.1, 0.15) is 0 Å². The highest BCUT2D eigenvalue weighted by Gasteiger charge is 2.25. The average molecular weight is 735 g/mol. The molecule has 0 spiro atoms. The number of nitrogens with zero attached hydrogens (tertiary/aromatic N) is 1. The van der Waals surface area contributed by atoms with Crippen molar-refractivity contribution in [2.75, 3.05) is 26.2 Å². The Hall–Kier alpha value is -0.570. The van der Waals surface area contributed by atoms with Gasteiger partial charge in [-0.2, -0.15) is 0 Å². The van der Waals surface area contributed by atoms with Crippen molar-refractivity contribution in [1.82, 2.24) is 0 Å². The number of quaternary nitrogens is 1. The lowest BCUT2D eigenvalue weighted by molar-refractivity contribution is -0.929. The Kier molecular flexibility index (Phi) is 42.7. The first kappa shape index (κ1) is 51.4. The molecule has 0 amide bonds. The molecule has 0 aromatic carbocycles. The molecule has 0 aromatic heterocycles. The van der Waals surface area contributed by atoms with Gasteiger partial charge in [0.05, 0.1) is 26.2 Å². The number of hydrogen-bond donors (Lipinski definition) is 1. The summed E-state index contributed by atoms with van der Waals surface area (Å²) in [6, 6.07) is 0. The van der Waals surface area contributed by atoms with Crippen molar-refractivity contribution in [3.05, 3.63) is 0 Å². The van der Waals surface area contributed by atoms with Gasteiger partial charge in [-0.05, 0) is 57.8 Å². The first-order valence-electron chi connectivity index (χ1n) is 24.7. The number of hydrogen-bond acceptors (Lipinski definition) is 1. The van der Waals surface area contributed by atoms with Crippen molar-refractivity contribution in [2.45, 2.75) is 284 Å². The molecule has 0 atom stereocenters. The third-order valence-corrected chi connectivity index (χ3v) is 12.2. The van der Waals surface area contributed by atoms with E-state index in [1.807, 2.05) is 0 Å². The van der Waals surface area contributed by atoms with Gasteiger partial charge in [-0.25, -0.2) is 0 Å². The van der Waals surface area contributed by atoms with Gasteiger partial charge in [-0.15, -0.1) is 0 Å². The van der Waals surface area contributed by atoms with E-state index in [2.05, 4.69) is 20.8 Å². The van der Waals surface area contributed by atoms with Crippen molar-refractivity contribution in [3.63, 3.8) is 0 Å². The predicted molar refractivity (Wildman–Crippen MR) is 234 cm³/mol. The highest BCUT2D eigenvalue weighted by atomic mass is 16.4. The predicted octanol–water partition coefficient (Wildman–Crippen LogP) is 16.9. The van der Waals surface area contributed by atoms with Crippen LogP contribution < -0.4 is 0 Å². The van der Waals surface area contributed by atoms with Crippen molar-refractivity contribution < 1.29 is 14.4 Å². The molecule has 0 bridgehead atoms. The maximum absolute atomic E-state index is 10.7. The quantitative estimate of drug-likeness (QED) is 0.0499. The van der Waals surface area contributed by atoms with Crippen LogP contribution in [0.4, 0.5) is 0 Å². The Labute approximate surface area is 329 Å². The highest BCUT2D eigenvalue weighted by molar-refractivity contribution is 5.66. The molecule has 0 saturated heterocycles. The summed E-state index contributed by atoms with van der Waals surface area (Å²) < 4.78 is 1.45. The zero-order valence-electron chi connectivity index (χ0n) is 36.6. The molecule has 52 heavy (non-hydrogen) atoms. The Morgan fingerprint density at radius 1 is 0.288 bits per heavy atom. The van der Waals surface area contributed by atoms with E-state index in [4.69, 9.17) is 5.11 Å². The van der Waals surface area contributed by atoms with Gasteiger partial charge < -0.3 is 9.59 Å². The Bertz CT molecular complexity index is 618. The largest absolute Gasteiger partial charge is 0.481 e. The topological polar surface area (TPSA) is 37.3 Å². The van der Waals surface area contributed by atoms with E-state index in [0.29, 0.717) is 6.42 Å². The van der Waals surface area contributed by atoms with Crippen LogP contribution in [0.15, 0.2) is 0 Å². The lowest BCUT2D eigenvalue weighted by atomic mass is 10.0. The number of rotatable bonds is 46. The SMILES string of the molecule is CCCCCCCCCCCC[N+](CCCCCCCCCCCC)(CCCCCCCCCCCC)CCCCCCCCCCCCC(=O)O. The highest BCUT2D eigenvalue weighted by Crippen LogP contribution is 2.22. The molecule has 1 N–H and O–H groups in total. The van der Waals surface area contributed by atoms with Gasteiger partial charge in [0.25, 0.3) is 0 Å². The van der Waals surface area contributed by atoms with E-state index < -0.39 is 5.97 Å². The number of carbonyl (C=O) groups is 1. The fourth-order valence-corrected chi connectivity index (χ4v) is 8.61. The molecular formula is C49H100NO2+. The van der Waals surface area contributed by atoms with Crippen molar-refractivity contribution in [1.29, 1.82) is 0 Å². The molecule has 312 valence electrons. The van der Waals surface area contributed by atoms with Crippen LogP contribution in [-0.2, 0) is 4.79 Å². The standard InChI is InChI=1S/C49H99NO2/c1-4-7-10-13-16-19-25-30-35-40-45-50(46-41-36-31-26-20-17-14-11-8-5-2,47-42-37-32-27-21-18-15-12-9-6-3)48-43-38-33-28-23-22-24-29-34-39-44-49(51)52/h4-48H2,1-3H3/p+1. The molecule has 0 heterocycles. The number of aliphatic carboxylic acids is 1. The summed E-state index contributed by atoms with van der Waals surface area (Å²) in [7, 11) is 0. The second kappa shape index (κ2) is 43.2. The molecule has 0 saturated carbocycles. The lowest BCUT2D eigenvalue weighted by Gasteiger charge is -2.40. The minimum atomic E-state index is -0.641. The van der Waals surface area contributed by atoms with Crippen LogP contribution in [0.1, 0.15) is 284 Å². The molecule has 0 fully saturated rings. The normalized spacial score (nSPS) is 11.9. The van der Waals surface area contributed by atoms with Crippen molar-refractivity contribution >= 4 is 5.97 Å². The molecule has 0 aromatic rings. The first-order valence-corrected chi connectivity index (χ1v) is 24.7. The van der Waals surface area contributed by atoms with E-state index in [1.54, 1.807) is 0 Å². The Morgan fingerprint density at radius 2 is 0.462 bits per heavy atom. The van der Waals surface area contributed by atoms with E-state index in [1.165, 1.54) is 275 Å². The van der Waals surface area contributed by atoms with Crippen LogP contribution in [0.3, 0.4) is 0 Å². The lowest BCUT2D eigenvalue weighted by Crippen LogP contribution is -2.50. The molecule has 0 radical (unpaired) electrons. The number of carboxylic acid groups (broad SMARTS) is 1. The van der Waals surface area contributed by atoms with E-state index in [0.717, 1.165) is 12.8 Å². The van der Waals surface area contributed by atoms with Crippen LogP contribution in [0, 0.1) is 0 Å². The Morgan fingerprint density at radius 3 is 0.654 bits per heavy atom. The molecule has 0 unspecified atom stereocenters. The maximum atomic E-state index is 10.7.